The Balaban J connectivity index is 1.42. The Morgan fingerprint density at radius 3 is 2.53 bits per heavy atom. The van der Waals surface area contributed by atoms with E-state index in [4.69, 9.17) is 0 Å². The zero-order valence-corrected chi connectivity index (χ0v) is 19.7. The van der Waals surface area contributed by atoms with E-state index < -0.39 is 15.7 Å². The molecule has 1 aromatic rings. The summed E-state index contributed by atoms with van der Waals surface area (Å²) in [4.78, 5) is -0.369. The lowest BCUT2D eigenvalue weighted by atomic mass is 9.47. The molecule has 1 aromatic carbocycles. The minimum absolute atomic E-state index is 0.182. The lowest BCUT2D eigenvalue weighted by molar-refractivity contribution is -0.0541. The number of aliphatic hydroxyl groups is 1. The van der Waals surface area contributed by atoms with Gasteiger partial charge in [-0.2, -0.15) is 0 Å². The van der Waals surface area contributed by atoms with E-state index in [1.165, 1.54) is 44.1 Å². The summed E-state index contributed by atoms with van der Waals surface area (Å²) < 4.78 is 13.3. The predicted molar refractivity (Wildman–Crippen MR) is 123 cm³/mol. The normalized spacial score (nSPS) is 46.3. The van der Waals surface area contributed by atoms with E-state index in [1.807, 2.05) is 30.3 Å². The SMILES string of the molecule is CC[C@H]1CC[C@H]2[C@@H]3CC=C4CC(O)(S(=O)c5ccccc5)CC[C@]4(C)[C@H]3CC[C@]12C. The Kier molecular flexibility index (Phi) is 5.10. The van der Waals surface area contributed by atoms with Crippen LogP contribution in [-0.4, -0.2) is 14.2 Å². The lowest BCUT2D eigenvalue weighted by Gasteiger charge is -2.59. The second-order valence-electron chi connectivity index (χ2n) is 11.2. The molecule has 5 rings (SSSR count). The maximum atomic E-state index is 13.3. The second kappa shape index (κ2) is 7.30. The molecule has 3 heteroatoms. The summed E-state index contributed by atoms with van der Waals surface area (Å²) in [6.07, 6.45) is 12.7. The van der Waals surface area contributed by atoms with Gasteiger partial charge in [0.2, 0.25) is 0 Å². The van der Waals surface area contributed by atoms with E-state index in [-0.39, 0.29) is 5.41 Å². The first-order valence-corrected chi connectivity index (χ1v) is 13.4. The number of hydrogen-bond donors (Lipinski definition) is 1. The maximum Gasteiger partial charge on any atom is 0.147 e. The van der Waals surface area contributed by atoms with Gasteiger partial charge < -0.3 is 5.11 Å². The Morgan fingerprint density at radius 2 is 1.80 bits per heavy atom. The monoisotopic (exact) mass is 426 g/mol. The Bertz CT molecular complexity index is 863. The van der Waals surface area contributed by atoms with E-state index in [0.29, 0.717) is 18.3 Å². The fraction of sp³-hybridized carbons (Fsp3) is 0.704. The van der Waals surface area contributed by atoms with Crippen molar-refractivity contribution in [2.75, 3.05) is 0 Å². The van der Waals surface area contributed by atoms with Crippen molar-refractivity contribution in [2.24, 2.45) is 34.5 Å². The molecule has 3 saturated carbocycles. The van der Waals surface area contributed by atoms with Gasteiger partial charge >= 0.3 is 0 Å². The highest BCUT2D eigenvalue weighted by molar-refractivity contribution is 7.86. The molecular formula is C27H38O2S. The van der Waals surface area contributed by atoms with Gasteiger partial charge in [0.15, 0.2) is 0 Å². The van der Waals surface area contributed by atoms with E-state index >= 15 is 0 Å². The van der Waals surface area contributed by atoms with Gasteiger partial charge in [-0.3, -0.25) is 4.21 Å². The van der Waals surface area contributed by atoms with Crippen LogP contribution in [-0.2, 0) is 10.8 Å². The highest BCUT2D eigenvalue weighted by Gasteiger charge is 2.59. The molecule has 2 nitrogen and oxygen atoms in total. The van der Waals surface area contributed by atoms with Crippen LogP contribution in [0.5, 0.6) is 0 Å². The van der Waals surface area contributed by atoms with Crippen molar-refractivity contribution in [3.63, 3.8) is 0 Å². The molecule has 0 aliphatic heterocycles. The molecule has 0 bridgehead atoms. The van der Waals surface area contributed by atoms with Crippen molar-refractivity contribution in [1.29, 1.82) is 0 Å². The van der Waals surface area contributed by atoms with Crippen LogP contribution in [0.3, 0.4) is 0 Å². The molecule has 0 heterocycles. The molecular weight excluding hydrogens is 388 g/mol. The number of allylic oxidation sites excluding steroid dienone is 1. The first-order chi connectivity index (χ1) is 14.3. The van der Waals surface area contributed by atoms with Gasteiger partial charge in [-0.1, -0.05) is 57.0 Å². The summed E-state index contributed by atoms with van der Waals surface area (Å²) in [7, 11) is -1.38. The third kappa shape index (κ3) is 2.94. The van der Waals surface area contributed by atoms with Crippen molar-refractivity contribution in [1.82, 2.24) is 0 Å². The van der Waals surface area contributed by atoms with Gasteiger partial charge in [0.25, 0.3) is 0 Å². The topological polar surface area (TPSA) is 37.3 Å². The number of rotatable bonds is 3. The fourth-order valence-corrected chi connectivity index (χ4v) is 9.74. The van der Waals surface area contributed by atoms with Gasteiger partial charge in [0.05, 0.1) is 10.8 Å². The lowest BCUT2D eigenvalue weighted by Crippen LogP contribution is -2.52. The molecule has 3 fully saturated rings. The van der Waals surface area contributed by atoms with Crippen LogP contribution >= 0.6 is 0 Å². The minimum atomic E-state index is -1.38. The molecule has 4 aliphatic rings. The van der Waals surface area contributed by atoms with Crippen LogP contribution in [0.4, 0.5) is 0 Å². The molecule has 2 unspecified atom stereocenters. The number of fused-ring (bicyclic) bond motifs is 5. The smallest absolute Gasteiger partial charge is 0.147 e. The first kappa shape index (κ1) is 20.9. The molecule has 4 aliphatic carbocycles. The molecule has 0 radical (unpaired) electrons. The largest absolute Gasteiger partial charge is 0.376 e. The second-order valence-corrected chi connectivity index (χ2v) is 13.0. The fourth-order valence-electron chi connectivity index (χ4n) is 8.32. The van der Waals surface area contributed by atoms with Crippen molar-refractivity contribution in [2.45, 2.75) is 88.4 Å². The summed E-state index contributed by atoms with van der Waals surface area (Å²) in [6.45, 7) is 7.45. The van der Waals surface area contributed by atoms with Crippen molar-refractivity contribution in [3.8, 4) is 0 Å². The molecule has 8 atom stereocenters. The third-order valence-corrected chi connectivity index (χ3v) is 11.9. The van der Waals surface area contributed by atoms with E-state index in [2.05, 4.69) is 26.8 Å². The van der Waals surface area contributed by atoms with Crippen LogP contribution in [0.1, 0.15) is 78.6 Å². The van der Waals surface area contributed by atoms with E-state index in [1.54, 1.807) is 0 Å². The van der Waals surface area contributed by atoms with E-state index in [9.17, 15) is 9.32 Å². The highest BCUT2D eigenvalue weighted by Crippen LogP contribution is 2.67. The van der Waals surface area contributed by atoms with Gasteiger partial charge in [-0.25, -0.2) is 0 Å². The molecule has 0 aromatic heterocycles. The summed E-state index contributed by atoms with van der Waals surface area (Å²) in [5.41, 5.74) is 2.12. The van der Waals surface area contributed by atoms with Gasteiger partial charge in [0.1, 0.15) is 4.93 Å². The maximum absolute atomic E-state index is 13.3. The molecule has 0 spiro atoms. The van der Waals surface area contributed by atoms with Crippen LogP contribution in [0.15, 0.2) is 46.9 Å². The Labute approximate surface area is 185 Å². The van der Waals surface area contributed by atoms with Crippen LogP contribution in [0.2, 0.25) is 0 Å². The summed E-state index contributed by atoms with van der Waals surface area (Å²) in [5.74, 6) is 3.32. The highest BCUT2D eigenvalue weighted by atomic mass is 32.2. The van der Waals surface area contributed by atoms with E-state index in [0.717, 1.165) is 35.0 Å². The number of hydrogen-bond acceptors (Lipinski definition) is 2. The number of benzene rings is 1. The molecule has 30 heavy (non-hydrogen) atoms. The zero-order chi connectivity index (χ0) is 21.1. The van der Waals surface area contributed by atoms with Crippen LogP contribution in [0, 0.1) is 34.5 Å². The van der Waals surface area contributed by atoms with Crippen LogP contribution in [0.25, 0.3) is 0 Å². The third-order valence-electron chi connectivity index (χ3n) is 10.1. The first-order valence-electron chi connectivity index (χ1n) is 12.2. The molecule has 0 amide bonds. The average molecular weight is 427 g/mol. The predicted octanol–water partition coefficient (Wildman–Crippen LogP) is 6.47. The zero-order valence-electron chi connectivity index (χ0n) is 18.9. The average Bonchev–Trinajstić information content (AvgIpc) is 3.11. The molecule has 164 valence electrons. The standard InChI is InChI=1S/C27H38O2S/c1-4-19-11-13-23-22-12-10-20-18-27(28,30(29)21-8-6-5-7-9-21)17-16-26(20,3)24(22)14-15-25(19,23)2/h5-10,19,22-24,28H,4,11-18H2,1-3H3/t19-,22-,23-,24-,25+,26-,27?,30?/m0/s1. The van der Waals surface area contributed by atoms with Crippen molar-refractivity contribution < 1.29 is 9.32 Å². The van der Waals surface area contributed by atoms with Gasteiger partial charge in [-0.15, -0.1) is 0 Å². The Morgan fingerprint density at radius 1 is 1.03 bits per heavy atom. The Hall–Kier alpha value is -0.930. The van der Waals surface area contributed by atoms with Crippen molar-refractivity contribution in [3.05, 3.63) is 42.0 Å². The molecule has 1 N–H and O–H groups in total. The summed E-state index contributed by atoms with van der Waals surface area (Å²) >= 11 is 0. The van der Waals surface area contributed by atoms with Crippen molar-refractivity contribution >= 4 is 10.8 Å². The quantitative estimate of drug-likeness (QED) is 0.562. The van der Waals surface area contributed by atoms with Crippen LogP contribution < -0.4 is 0 Å². The summed E-state index contributed by atoms with van der Waals surface area (Å²) in [6, 6.07) is 9.55. The van der Waals surface area contributed by atoms with Gasteiger partial charge in [0, 0.05) is 11.3 Å². The molecule has 0 saturated heterocycles. The minimum Gasteiger partial charge on any atom is -0.376 e. The summed E-state index contributed by atoms with van der Waals surface area (Å²) in [5, 5.41) is 11.5. The van der Waals surface area contributed by atoms with Gasteiger partial charge in [-0.05, 0) is 91.6 Å².